The molecule has 0 saturated carbocycles. The summed E-state index contributed by atoms with van der Waals surface area (Å²) in [6.45, 7) is 0. The van der Waals surface area contributed by atoms with Crippen LogP contribution in [0.2, 0.25) is 5.02 Å². The summed E-state index contributed by atoms with van der Waals surface area (Å²) in [5.74, 6) is 0.817. The van der Waals surface area contributed by atoms with Gasteiger partial charge in [-0.1, -0.05) is 90.5 Å². The maximum atomic E-state index is 6.45. The van der Waals surface area contributed by atoms with Gasteiger partial charge in [-0.15, -0.1) is 0 Å². The fraction of sp³-hybridized carbons (Fsp3) is 0. The van der Waals surface area contributed by atoms with E-state index in [1.807, 2.05) is 18.2 Å². The third-order valence-electron chi connectivity index (χ3n) is 5.74. The lowest BCUT2D eigenvalue weighted by atomic mass is 10.00. The van der Waals surface area contributed by atoms with Crippen LogP contribution in [-0.2, 0) is 0 Å². The molecular weight excluding hydrogens is 414 g/mol. The first-order chi connectivity index (χ1) is 15.8. The molecule has 0 N–H and O–H groups in total. The van der Waals surface area contributed by atoms with E-state index in [-0.39, 0.29) is 0 Å². The number of hydrogen-bond acceptors (Lipinski definition) is 2. The van der Waals surface area contributed by atoms with Crippen molar-refractivity contribution in [3.8, 4) is 28.2 Å². The van der Waals surface area contributed by atoms with Crippen LogP contribution in [0.3, 0.4) is 0 Å². The SMILES string of the molecule is Clc1ccnc2c1nc(-c1ccc(-c3ccc4ccccc4c3)cc1)n2-c1ccccc1. The molecule has 0 unspecified atom stereocenters. The number of pyridine rings is 1. The van der Waals surface area contributed by atoms with Crippen LogP contribution in [0.5, 0.6) is 0 Å². The second-order valence-corrected chi connectivity index (χ2v) is 8.12. The number of nitrogens with zero attached hydrogens (tertiary/aromatic N) is 3. The van der Waals surface area contributed by atoms with Gasteiger partial charge in [0.25, 0.3) is 0 Å². The molecule has 2 heterocycles. The Hall–Kier alpha value is -3.95. The lowest BCUT2D eigenvalue weighted by Gasteiger charge is -2.10. The second-order valence-electron chi connectivity index (χ2n) is 7.71. The first kappa shape index (κ1) is 18.8. The molecule has 0 atom stereocenters. The smallest absolute Gasteiger partial charge is 0.166 e. The Labute approximate surface area is 190 Å². The summed E-state index contributed by atoms with van der Waals surface area (Å²) in [6.07, 6.45) is 1.72. The number of rotatable bonds is 3. The molecule has 0 aliphatic rings. The highest BCUT2D eigenvalue weighted by molar-refractivity contribution is 6.34. The quantitative estimate of drug-likeness (QED) is 0.289. The Balaban J connectivity index is 1.48. The molecule has 152 valence electrons. The summed E-state index contributed by atoms with van der Waals surface area (Å²) < 4.78 is 2.06. The zero-order valence-electron chi connectivity index (χ0n) is 17.1. The molecule has 6 rings (SSSR count). The molecule has 0 aliphatic heterocycles. The molecule has 6 aromatic rings. The van der Waals surface area contributed by atoms with Crippen molar-refractivity contribution in [1.29, 1.82) is 0 Å². The zero-order valence-corrected chi connectivity index (χ0v) is 17.9. The number of benzene rings is 4. The van der Waals surface area contributed by atoms with Crippen LogP contribution in [0.15, 0.2) is 109 Å². The Kier molecular flexibility index (Phi) is 4.48. The molecule has 0 fully saturated rings. The molecule has 3 nitrogen and oxygen atoms in total. The van der Waals surface area contributed by atoms with Gasteiger partial charge in [0.2, 0.25) is 0 Å². The lowest BCUT2D eigenvalue weighted by Crippen LogP contribution is -1.98. The molecule has 32 heavy (non-hydrogen) atoms. The van der Waals surface area contributed by atoms with Gasteiger partial charge in [-0.25, -0.2) is 9.97 Å². The Morgan fingerprint density at radius 2 is 1.31 bits per heavy atom. The van der Waals surface area contributed by atoms with Crippen molar-refractivity contribution in [3.63, 3.8) is 0 Å². The fourth-order valence-electron chi connectivity index (χ4n) is 4.14. The van der Waals surface area contributed by atoms with E-state index in [4.69, 9.17) is 16.6 Å². The van der Waals surface area contributed by atoms with Gasteiger partial charge in [-0.3, -0.25) is 4.57 Å². The van der Waals surface area contributed by atoms with Gasteiger partial charge in [-0.05, 0) is 46.2 Å². The van der Waals surface area contributed by atoms with Gasteiger partial charge in [0.05, 0.1) is 5.02 Å². The van der Waals surface area contributed by atoms with Gasteiger partial charge in [-0.2, -0.15) is 0 Å². The monoisotopic (exact) mass is 431 g/mol. The van der Waals surface area contributed by atoms with Crippen molar-refractivity contribution in [3.05, 3.63) is 114 Å². The van der Waals surface area contributed by atoms with Crippen LogP contribution >= 0.6 is 11.6 Å². The summed E-state index contributed by atoms with van der Waals surface area (Å²) >= 11 is 6.45. The van der Waals surface area contributed by atoms with Gasteiger partial charge in [0, 0.05) is 17.4 Å². The van der Waals surface area contributed by atoms with Crippen molar-refractivity contribution in [2.24, 2.45) is 0 Å². The van der Waals surface area contributed by atoms with E-state index in [0.717, 1.165) is 28.3 Å². The average Bonchev–Trinajstić information content (AvgIpc) is 3.25. The molecule has 4 aromatic carbocycles. The van der Waals surface area contributed by atoms with E-state index in [9.17, 15) is 0 Å². The van der Waals surface area contributed by atoms with E-state index in [1.165, 1.54) is 16.3 Å². The van der Waals surface area contributed by atoms with E-state index in [2.05, 4.69) is 88.4 Å². The highest BCUT2D eigenvalue weighted by Crippen LogP contribution is 2.32. The first-order valence-corrected chi connectivity index (χ1v) is 10.8. The van der Waals surface area contributed by atoms with Crippen molar-refractivity contribution in [1.82, 2.24) is 14.5 Å². The highest BCUT2D eigenvalue weighted by Gasteiger charge is 2.17. The minimum Gasteiger partial charge on any atom is -0.277 e. The number of para-hydroxylation sites is 1. The molecule has 0 spiro atoms. The third kappa shape index (κ3) is 3.15. The molecule has 0 aliphatic carbocycles. The van der Waals surface area contributed by atoms with Crippen LogP contribution < -0.4 is 0 Å². The minimum atomic E-state index is 0.596. The minimum absolute atomic E-state index is 0.596. The molecule has 0 amide bonds. The van der Waals surface area contributed by atoms with E-state index in [0.29, 0.717) is 10.5 Å². The van der Waals surface area contributed by atoms with Crippen LogP contribution in [0.4, 0.5) is 0 Å². The standard InChI is InChI=1S/C28H18ClN3/c29-25-16-17-30-28-26(25)31-27(32(28)24-8-2-1-3-9-24)21-13-10-20(11-14-21)23-15-12-19-6-4-5-7-22(19)18-23/h1-18H. The molecule has 4 heteroatoms. The second kappa shape index (κ2) is 7.63. The van der Waals surface area contributed by atoms with E-state index < -0.39 is 0 Å². The zero-order chi connectivity index (χ0) is 21.5. The van der Waals surface area contributed by atoms with E-state index in [1.54, 1.807) is 12.3 Å². The van der Waals surface area contributed by atoms with Gasteiger partial charge in [0.15, 0.2) is 5.65 Å². The molecule has 0 radical (unpaired) electrons. The molecular formula is C28H18ClN3. The van der Waals surface area contributed by atoms with Crippen molar-refractivity contribution in [2.45, 2.75) is 0 Å². The number of aromatic nitrogens is 3. The van der Waals surface area contributed by atoms with Gasteiger partial charge < -0.3 is 0 Å². The van der Waals surface area contributed by atoms with Crippen molar-refractivity contribution >= 4 is 33.5 Å². The van der Waals surface area contributed by atoms with Crippen LogP contribution in [0.1, 0.15) is 0 Å². The Morgan fingerprint density at radius 1 is 0.625 bits per heavy atom. The van der Waals surface area contributed by atoms with Gasteiger partial charge in [0.1, 0.15) is 11.3 Å². The van der Waals surface area contributed by atoms with Gasteiger partial charge >= 0.3 is 0 Å². The number of imidazole rings is 1. The normalized spacial score (nSPS) is 11.3. The molecule has 0 saturated heterocycles. The largest absolute Gasteiger partial charge is 0.277 e. The van der Waals surface area contributed by atoms with Crippen molar-refractivity contribution < 1.29 is 0 Å². The third-order valence-corrected chi connectivity index (χ3v) is 6.04. The molecule has 2 aromatic heterocycles. The van der Waals surface area contributed by atoms with Crippen LogP contribution in [-0.4, -0.2) is 14.5 Å². The number of hydrogen-bond donors (Lipinski definition) is 0. The van der Waals surface area contributed by atoms with Crippen LogP contribution in [0.25, 0.3) is 50.1 Å². The highest BCUT2D eigenvalue weighted by atomic mass is 35.5. The predicted octanol–water partition coefficient (Wildman–Crippen LogP) is 7.56. The topological polar surface area (TPSA) is 30.7 Å². The summed E-state index contributed by atoms with van der Waals surface area (Å²) in [5.41, 5.74) is 5.81. The molecule has 0 bridgehead atoms. The maximum Gasteiger partial charge on any atom is 0.166 e. The number of halogens is 1. The Bertz CT molecular complexity index is 1570. The van der Waals surface area contributed by atoms with Crippen molar-refractivity contribution in [2.75, 3.05) is 0 Å². The number of fused-ring (bicyclic) bond motifs is 2. The van der Waals surface area contributed by atoms with Crippen LogP contribution in [0, 0.1) is 0 Å². The summed E-state index contributed by atoms with van der Waals surface area (Å²) in [7, 11) is 0. The summed E-state index contributed by atoms with van der Waals surface area (Å²) in [5, 5.41) is 3.08. The lowest BCUT2D eigenvalue weighted by molar-refractivity contribution is 1.08. The first-order valence-electron chi connectivity index (χ1n) is 10.5. The summed E-state index contributed by atoms with van der Waals surface area (Å²) in [4.78, 5) is 9.45. The Morgan fingerprint density at radius 3 is 2.12 bits per heavy atom. The fourth-order valence-corrected chi connectivity index (χ4v) is 4.32. The predicted molar refractivity (Wildman–Crippen MR) is 132 cm³/mol. The average molecular weight is 432 g/mol. The summed E-state index contributed by atoms with van der Waals surface area (Å²) in [6, 6.07) is 35.4. The maximum absolute atomic E-state index is 6.45. The van der Waals surface area contributed by atoms with E-state index >= 15 is 0 Å².